The molecular formula is C10H20N2O. The molecule has 0 aromatic heterocycles. The summed E-state index contributed by atoms with van der Waals surface area (Å²) in [6.07, 6.45) is 2.06. The van der Waals surface area contributed by atoms with Gasteiger partial charge in [-0.3, -0.25) is 5.41 Å². The molecule has 1 rings (SSSR count). The molecule has 3 heteroatoms. The number of likely N-dealkylation sites (tertiary alicyclic amines) is 1. The molecule has 0 aromatic rings. The van der Waals surface area contributed by atoms with E-state index in [-0.39, 0.29) is 5.60 Å². The molecule has 0 spiro atoms. The van der Waals surface area contributed by atoms with Crippen molar-refractivity contribution in [1.29, 1.82) is 5.41 Å². The Morgan fingerprint density at radius 1 is 1.54 bits per heavy atom. The van der Waals surface area contributed by atoms with Crippen LogP contribution in [0.3, 0.4) is 0 Å². The second-order valence-electron chi connectivity index (χ2n) is 4.16. The zero-order valence-corrected chi connectivity index (χ0v) is 8.89. The van der Waals surface area contributed by atoms with Gasteiger partial charge in [0.25, 0.3) is 0 Å². The van der Waals surface area contributed by atoms with Crippen molar-refractivity contribution in [1.82, 2.24) is 4.90 Å². The number of hydrogen-bond acceptors (Lipinski definition) is 2. The first-order valence-corrected chi connectivity index (χ1v) is 5.01. The van der Waals surface area contributed by atoms with Gasteiger partial charge in [0.05, 0.1) is 11.4 Å². The molecule has 1 heterocycles. The minimum Gasteiger partial charge on any atom is -0.374 e. The molecule has 0 unspecified atom stereocenters. The van der Waals surface area contributed by atoms with Crippen molar-refractivity contribution >= 4 is 5.84 Å². The van der Waals surface area contributed by atoms with Crippen LogP contribution in [0.25, 0.3) is 0 Å². The van der Waals surface area contributed by atoms with E-state index in [2.05, 4.69) is 18.7 Å². The summed E-state index contributed by atoms with van der Waals surface area (Å²) in [5, 5.41) is 7.69. The Morgan fingerprint density at radius 2 is 2.23 bits per heavy atom. The molecule has 76 valence electrons. The standard InChI is InChI=1S/C10H20N2O/c1-4-13-10(2,3)8-12-7-5-6-9(12)11/h11H,4-8H2,1-3H3. The second kappa shape index (κ2) is 4.09. The molecule has 0 saturated carbocycles. The summed E-state index contributed by atoms with van der Waals surface area (Å²) in [5.74, 6) is 0.771. The fourth-order valence-electron chi connectivity index (χ4n) is 1.80. The van der Waals surface area contributed by atoms with Gasteiger partial charge in [0.15, 0.2) is 0 Å². The van der Waals surface area contributed by atoms with Crippen LogP contribution in [0.15, 0.2) is 0 Å². The lowest BCUT2D eigenvalue weighted by Gasteiger charge is -2.30. The van der Waals surface area contributed by atoms with Crippen molar-refractivity contribution in [3.8, 4) is 0 Å². The zero-order valence-electron chi connectivity index (χ0n) is 8.89. The highest BCUT2D eigenvalue weighted by Gasteiger charge is 2.25. The van der Waals surface area contributed by atoms with Gasteiger partial charge in [-0.1, -0.05) is 0 Å². The van der Waals surface area contributed by atoms with E-state index in [9.17, 15) is 0 Å². The number of amidine groups is 1. The summed E-state index contributed by atoms with van der Waals surface area (Å²) < 4.78 is 5.60. The Bertz CT molecular complexity index is 189. The largest absolute Gasteiger partial charge is 0.374 e. The topological polar surface area (TPSA) is 36.3 Å². The highest BCUT2D eigenvalue weighted by atomic mass is 16.5. The number of rotatable bonds is 4. The Balaban J connectivity index is 2.42. The van der Waals surface area contributed by atoms with Crippen LogP contribution in [0.2, 0.25) is 0 Å². The van der Waals surface area contributed by atoms with E-state index >= 15 is 0 Å². The number of nitrogens with zero attached hydrogens (tertiary/aromatic N) is 1. The van der Waals surface area contributed by atoms with E-state index in [1.165, 1.54) is 0 Å². The van der Waals surface area contributed by atoms with Crippen molar-refractivity contribution in [2.45, 2.75) is 39.2 Å². The van der Waals surface area contributed by atoms with Crippen LogP contribution in [0, 0.1) is 5.41 Å². The number of nitrogens with one attached hydrogen (secondary N) is 1. The SMILES string of the molecule is CCOC(C)(C)CN1CCCC1=N. The molecule has 0 aromatic carbocycles. The van der Waals surface area contributed by atoms with Crippen LogP contribution in [0.1, 0.15) is 33.6 Å². The van der Waals surface area contributed by atoms with E-state index in [1.54, 1.807) is 0 Å². The molecule has 0 amide bonds. The maximum Gasteiger partial charge on any atom is 0.0959 e. The average molecular weight is 184 g/mol. The monoisotopic (exact) mass is 184 g/mol. The summed E-state index contributed by atoms with van der Waals surface area (Å²) >= 11 is 0. The molecule has 1 fully saturated rings. The van der Waals surface area contributed by atoms with Crippen molar-refractivity contribution in [2.24, 2.45) is 0 Å². The van der Waals surface area contributed by atoms with Crippen molar-refractivity contribution in [2.75, 3.05) is 19.7 Å². The molecule has 1 aliphatic rings. The minimum absolute atomic E-state index is 0.120. The Kier molecular flexibility index (Phi) is 3.31. The second-order valence-corrected chi connectivity index (χ2v) is 4.16. The highest BCUT2D eigenvalue weighted by molar-refractivity contribution is 5.80. The third-order valence-electron chi connectivity index (χ3n) is 2.33. The van der Waals surface area contributed by atoms with Gasteiger partial charge in [-0.05, 0) is 27.2 Å². The fourth-order valence-corrected chi connectivity index (χ4v) is 1.80. The normalized spacial score (nSPS) is 18.4. The van der Waals surface area contributed by atoms with E-state index in [0.717, 1.165) is 38.4 Å². The maximum absolute atomic E-state index is 7.69. The molecule has 13 heavy (non-hydrogen) atoms. The Hall–Kier alpha value is -0.570. The van der Waals surface area contributed by atoms with Crippen molar-refractivity contribution in [3.63, 3.8) is 0 Å². The Morgan fingerprint density at radius 3 is 2.69 bits per heavy atom. The summed E-state index contributed by atoms with van der Waals surface area (Å²) in [6, 6.07) is 0. The third kappa shape index (κ3) is 2.99. The number of hydrogen-bond donors (Lipinski definition) is 1. The first-order chi connectivity index (χ1) is 6.05. The molecule has 3 nitrogen and oxygen atoms in total. The predicted octanol–water partition coefficient (Wildman–Crippen LogP) is 1.87. The lowest BCUT2D eigenvalue weighted by Crippen LogP contribution is -2.41. The van der Waals surface area contributed by atoms with E-state index < -0.39 is 0 Å². The van der Waals surface area contributed by atoms with Crippen LogP contribution < -0.4 is 0 Å². The van der Waals surface area contributed by atoms with Gasteiger partial charge in [0, 0.05) is 26.1 Å². The molecule has 1 aliphatic heterocycles. The molecular weight excluding hydrogens is 164 g/mol. The third-order valence-corrected chi connectivity index (χ3v) is 2.33. The predicted molar refractivity (Wildman–Crippen MR) is 54.2 cm³/mol. The van der Waals surface area contributed by atoms with Crippen molar-refractivity contribution < 1.29 is 4.74 Å². The average Bonchev–Trinajstić information content (AvgIpc) is 2.35. The summed E-state index contributed by atoms with van der Waals surface area (Å²) in [6.45, 7) is 8.80. The molecule has 1 N–H and O–H groups in total. The first-order valence-electron chi connectivity index (χ1n) is 5.01. The van der Waals surface area contributed by atoms with Gasteiger partial charge in [0.2, 0.25) is 0 Å². The molecule has 0 aliphatic carbocycles. The first kappa shape index (κ1) is 10.5. The molecule has 0 bridgehead atoms. The smallest absolute Gasteiger partial charge is 0.0959 e. The summed E-state index contributed by atoms with van der Waals surface area (Å²) in [5.41, 5.74) is -0.120. The quantitative estimate of drug-likeness (QED) is 0.724. The molecule has 0 radical (unpaired) electrons. The van der Waals surface area contributed by atoms with Crippen LogP contribution >= 0.6 is 0 Å². The van der Waals surface area contributed by atoms with Gasteiger partial charge in [-0.25, -0.2) is 0 Å². The van der Waals surface area contributed by atoms with Gasteiger partial charge < -0.3 is 9.64 Å². The summed E-state index contributed by atoms with van der Waals surface area (Å²) in [4.78, 5) is 2.12. The highest BCUT2D eigenvalue weighted by Crippen LogP contribution is 2.17. The zero-order chi connectivity index (χ0) is 9.90. The minimum atomic E-state index is -0.120. The van der Waals surface area contributed by atoms with Crippen LogP contribution in [-0.2, 0) is 4.74 Å². The van der Waals surface area contributed by atoms with E-state index in [1.807, 2.05) is 6.92 Å². The number of ether oxygens (including phenoxy) is 1. The molecule has 1 saturated heterocycles. The lowest BCUT2D eigenvalue weighted by atomic mass is 10.1. The van der Waals surface area contributed by atoms with Crippen LogP contribution in [-0.4, -0.2) is 36.0 Å². The fraction of sp³-hybridized carbons (Fsp3) is 0.900. The lowest BCUT2D eigenvalue weighted by molar-refractivity contribution is -0.0220. The summed E-state index contributed by atoms with van der Waals surface area (Å²) in [7, 11) is 0. The van der Waals surface area contributed by atoms with E-state index in [0.29, 0.717) is 0 Å². The van der Waals surface area contributed by atoms with Crippen LogP contribution in [0.4, 0.5) is 0 Å². The van der Waals surface area contributed by atoms with Crippen molar-refractivity contribution in [3.05, 3.63) is 0 Å². The van der Waals surface area contributed by atoms with Gasteiger partial charge in [-0.2, -0.15) is 0 Å². The Labute approximate surface area is 80.6 Å². The molecule has 0 atom stereocenters. The van der Waals surface area contributed by atoms with Gasteiger partial charge in [0.1, 0.15) is 0 Å². The van der Waals surface area contributed by atoms with Gasteiger partial charge >= 0.3 is 0 Å². The maximum atomic E-state index is 7.69. The van der Waals surface area contributed by atoms with Crippen LogP contribution in [0.5, 0.6) is 0 Å². The van der Waals surface area contributed by atoms with Gasteiger partial charge in [-0.15, -0.1) is 0 Å². The van der Waals surface area contributed by atoms with E-state index in [4.69, 9.17) is 10.1 Å².